The van der Waals surface area contributed by atoms with Crippen molar-refractivity contribution in [2.45, 2.75) is 13.1 Å². The minimum absolute atomic E-state index is 0.119. The minimum atomic E-state index is -0.119. The molecule has 4 nitrogen and oxygen atoms in total. The summed E-state index contributed by atoms with van der Waals surface area (Å²) in [5.74, 6) is -0.119. The number of carbonyl (C=O) groups excluding carboxylic acids is 1. The molecule has 1 aromatic heterocycles. The average Bonchev–Trinajstić information content (AvgIpc) is 2.73. The first-order valence-corrected chi connectivity index (χ1v) is 6.60. The number of hydrogen-bond acceptors (Lipinski definition) is 3. The van der Waals surface area contributed by atoms with E-state index < -0.39 is 0 Å². The van der Waals surface area contributed by atoms with Crippen molar-refractivity contribution in [2.75, 3.05) is 0 Å². The summed E-state index contributed by atoms with van der Waals surface area (Å²) in [6.45, 7) is 0.611. The van der Waals surface area contributed by atoms with Crippen LogP contribution in [0.25, 0.3) is 0 Å². The van der Waals surface area contributed by atoms with Gasteiger partial charge in [0, 0.05) is 23.1 Å². The van der Waals surface area contributed by atoms with Crippen molar-refractivity contribution in [1.29, 1.82) is 5.41 Å². The standard InChI is InChI=1S/C12H12ClN3OS/c13-10-3-1-2-9(6-10)7-15-11(17)8-16-4-5-18-12(16)14/h1-6,14H,7-8H2,(H,15,17). The Hall–Kier alpha value is -1.59. The lowest BCUT2D eigenvalue weighted by atomic mass is 10.2. The summed E-state index contributed by atoms with van der Waals surface area (Å²) < 4.78 is 1.60. The van der Waals surface area contributed by atoms with Gasteiger partial charge >= 0.3 is 0 Å². The highest BCUT2D eigenvalue weighted by Gasteiger charge is 2.03. The number of carbonyl (C=O) groups is 1. The molecule has 0 fully saturated rings. The van der Waals surface area contributed by atoms with E-state index in [2.05, 4.69) is 5.32 Å². The molecule has 0 unspecified atom stereocenters. The van der Waals surface area contributed by atoms with Crippen molar-refractivity contribution >= 4 is 28.8 Å². The predicted octanol–water partition coefficient (Wildman–Crippen LogP) is 2.00. The number of benzene rings is 1. The molecular formula is C12H12ClN3OS. The minimum Gasteiger partial charge on any atom is -0.350 e. The van der Waals surface area contributed by atoms with Crippen LogP contribution in [0.3, 0.4) is 0 Å². The zero-order valence-electron chi connectivity index (χ0n) is 9.52. The van der Waals surface area contributed by atoms with E-state index in [0.29, 0.717) is 16.4 Å². The van der Waals surface area contributed by atoms with Crippen molar-refractivity contribution in [3.63, 3.8) is 0 Å². The number of rotatable bonds is 4. The van der Waals surface area contributed by atoms with Crippen LogP contribution in [-0.2, 0) is 17.9 Å². The van der Waals surface area contributed by atoms with Crippen molar-refractivity contribution in [1.82, 2.24) is 9.88 Å². The van der Waals surface area contributed by atoms with Crippen LogP contribution in [0.2, 0.25) is 5.02 Å². The lowest BCUT2D eigenvalue weighted by Gasteiger charge is -2.06. The maximum atomic E-state index is 11.7. The van der Waals surface area contributed by atoms with Gasteiger partial charge in [0.1, 0.15) is 6.54 Å². The molecule has 6 heteroatoms. The highest BCUT2D eigenvalue weighted by Crippen LogP contribution is 2.10. The van der Waals surface area contributed by atoms with Crippen LogP contribution in [0.5, 0.6) is 0 Å². The predicted molar refractivity (Wildman–Crippen MR) is 71.5 cm³/mol. The second-order valence-electron chi connectivity index (χ2n) is 3.74. The fourth-order valence-electron chi connectivity index (χ4n) is 1.49. The van der Waals surface area contributed by atoms with Gasteiger partial charge in [-0.05, 0) is 17.7 Å². The summed E-state index contributed by atoms with van der Waals surface area (Å²) in [7, 11) is 0. The zero-order valence-corrected chi connectivity index (χ0v) is 11.1. The molecule has 0 radical (unpaired) electrons. The van der Waals surface area contributed by atoms with E-state index in [0.717, 1.165) is 5.56 Å². The summed E-state index contributed by atoms with van der Waals surface area (Å²) in [6, 6.07) is 7.36. The van der Waals surface area contributed by atoms with Gasteiger partial charge in [0.05, 0.1) is 0 Å². The molecule has 0 aliphatic rings. The van der Waals surface area contributed by atoms with Gasteiger partial charge in [-0.2, -0.15) is 0 Å². The van der Waals surface area contributed by atoms with E-state index in [1.807, 2.05) is 18.2 Å². The quantitative estimate of drug-likeness (QED) is 0.885. The molecule has 1 amide bonds. The van der Waals surface area contributed by atoms with Gasteiger partial charge in [0.2, 0.25) is 5.91 Å². The smallest absolute Gasteiger partial charge is 0.240 e. The van der Waals surface area contributed by atoms with Crippen molar-refractivity contribution in [3.05, 3.63) is 51.2 Å². The Morgan fingerprint density at radius 1 is 1.50 bits per heavy atom. The van der Waals surface area contributed by atoms with Gasteiger partial charge in [0.15, 0.2) is 4.80 Å². The second kappa shape index (κ2) is 5.84. The van der Waals surface area contributed by atoms with Crippen molar-refractivity contribution in [3.8, 4) is 0 Å². The van der Waals surface area contributed by atoms with Crippen LogP contribution >= 0.6 is 22.9 Å². The number of aromatic nitrogens is 1. The zero-order chi connectivity index (χ0) is 13.0. The van der Waals surface area contributed by atoms with E-state index in [4.69, 9.17) is 17.0 Å². The van der Waals surface area contributed by atoms with E-state index in [1.54, 1.807) is 22.2 Å². The molecule has 1 heterocycles. The molecule has 0 atom stereocenters. The summed E-state index contributed by atoms with van der Waals surface area (Å²) in [5, 5.41) is 12.8. The van der Waals surface area contributed by atoms with Gasteiger partial charge in [-0.1, -0.05) is 23.7 Å². The first kappa shape index (κ1) is 12.9. The highest BCUT2D eigenvalue weighted by molar-refractivity contribution is 7.06. The van der Waals surface area contributed by atoms with Crippen molar-refractivity contribution < 1.29 is 4.79 Å². The molecule has 0 aliphatic carbocycles. The highest BCUT2D eigenvalue weighted by atomic mass is 35.5. The Balaban J connectivity index is 1.89. The van der Waals surface area contributed by atoms with Crippen LogP contribution in [0.1, 0.15) is 5.56 Å². The third-order valence-electron chi connectivity index (χ3n) is 2.37. The van der Waals surface area contributed by atoms with Gasteiger partial charge in [0.25, 0.3) is 0 Å². The van der Waals surface area contributed by atoms with Gasteiger partial charge < -0.3 is 9.88 Å². The lowest BCUT2D eigenvalue weighted by molar-refractivity contribution is -0.121. The molecule has 1 aromatic carbocycles. The topological polar surface area (TPSA) is 57.9 Å². The third kappa shape index (κ3) is 3.45. The fraction of sp³-hybridized carbons (Fsp3) is 0.167. The number of thiazole rings is 1. The van der Waals surface area contributed by atoms with Crippen LogP contribution < -0.4 is 10.1 Å². The number of hydrogen-bond donors (Lipinski definition) is 2. The second-order valence-corrected chi connectivity index (χ2v) is 5.07. The number of halogens is 1. The van der Waals surface area contributed by atoms with Crippen LogP contribution in [-0.4, -0.2) is 10.5 Å². The summed E-state index contributed by atoms with van der Waals surface area (Å²) in [4.78, 5) is 12.0. The van der Waals surface area contributed by atoms with Crippen LogP contribution in [0.15, 0.2) is 35.8 Å². The van der Waals surface area contributed by atoms with Gasteiger partial charge in [-0.3, -0.25) is 10.2 Å². The van der Waals surface area contributed by atoms with Gasteiger partial charge in [-0.15, -0.1) is 11.3 Å². The first-order valence-electron chi connectivity index (χ1n) is 5.35. The van der Waals surface area contributed by atoms with E-state index in [9.17, 15) is 4.79 Å². The molecule has 0 saturated carbocycles. The summed E-state index contributed by atoms with van der Waals surface area (Å²) in [5.41, 5.74) is 0.956. The SMILES string of the molecule is N=c1sccn1CC(=O)NCc1cccc(Cl)c1. The maximum Gasteiger partial charge on any atom is 0.240 e. The Labute approximate surface area is 113 Å². The van der Waals surface area contributed by atoms with E-state index >= 15 is 0 Å². The number of amides is 1. The Kier molecular flexibility index (Phi) is 4.17. The van der Waals surface area contributed by atoms with Crippen molar-refractivity contribution in [2.24, 2.45) is 0 Å². The molecule has 2 N–H and O–H groups in total. The molecular weight excluding hydrogens is 270 g/mol. The Morgan fingerprint density at radius 3 is 3.00 bits per heavy atom. The monoisotopic (exact) mass is 281 g/mol. The molecule has 18 heavy (non-hydrogen) atoms. The van der Waals surface area contributed by atoms with Gasteiger partial charge in [-0.25, -0.2) is 0 Å². The molecule has 0 spiro atoms. The molecule has 2 rings (SSSR count). The molecule has 94 valence electrons. The number of nitrogens with zero attached hydrogens (tertiary/aromatic N) is 1. The average molecular weight is 282 g/mol. The molecule has 0 aliphatic heterocycles. The van der Waals surface area contributed by atoms with E-state index in [1.165, 1.54) is 11.3 Å². The maximum absolute atomic E-state index is 11.7. The summed E-state index contributed by atoms with van der Waals surface area (Å²) >= 11 is 7.15. The van der Waals surface area contributed by atoms with Crippen LogP contribution in [0.4, 0.5) is 0 Å². The Bertz CT molecular complexity index is 605. The lowest BCUT2D eigenvalue weighted by Crippen LogP contribution is -2.29. The molecule has 2 aromatic rings. The fourth-order valence-corrected chi connectivity index (χ4v) is 2.30. The normalized spacial score (nSPS) is 10.3. The molecule has 0 saturated heterocycles. The third-order valence-corrected chi connectivity index (χ3v) is 3.32. The van der Waals surface area contributed by atoms with E-state index in [-0.39, 0.29) is 12.5 Å². The first-order chi connectivity index (χ1) is 8.65. The Morgan fingerprint density at radius 2 is 2.33 bits per heavy atom. The number of nitrogens with one attached hydrogen (secondary N) is 2. The molecule has 0 bridgehead atoms. The van der Waals surface area contributed by atoms with Crippen LogP contribution in [0, 0.1) is 5.41 Å². The summed E-state index contributed by atoms with van der Waals surface area (Å²) in [6.07, 6.45) is 1.73. The largest absolute Gasteiger partial charge is 0.350 e.